The molecule has 0 aliphatic heterocycles. The highest BCUT2D eigenvalue weighted by atomic mass is 35.5. The maximum atomic E-state index is 12.3. The zero-order valence-corrected chi connectivity index (χ0v) is 12.3. The minimum absolute atomic E-state index is 0.200. The number of thioether (sulfide) groups is 1. The zero-order chi connectivity index (χ0) is 12.9. The Kier molecular flexibility index (Phi) is 5.79. The predicted octanol–water partition coefficient (Wildman–Crippen LogP) is 2.41. The van der Waals surface area contributed by atoms with Crippen LogP contribution in [0.4, 0.5) is 0 Å². The number of rotatable bonds is 6. The van der Waals surface area contributed by atoms with E-state index < -0.39 is 10.0 Å². The van der Waals surface area contributed by atoms with Gasteiger partial charge in [-0.3, -0.25) is 0 Å². The first kappa shape index (κ1) is 14.8. The SMILES string of the molecule is CSCCN(C)S(=O)(=O)c1ccccc1CCl. The van der Waals surface area contributed by atoms with E-state index in [2.05, 4.69) is 0 Å². The van der Waals surface area contributed by atoms with Gasteiger partial charge in [0, 0.05) is 25.2 Å². The first-order valence-corrected chi connectivity index (χ1v) is 8.50. The lowest BCUT2D eigenvalue weighted by Crippen LogP contribution is -2.29. The van der Waals surface area contributed by atoms with E-state index in [0.717, 1.165) is 5.75 Å². The molecule has 1 aromatic carbocycles. The summed E-state index contributed by atoms with van der Waals surface area (Å²) < 4.78 is 25.9. The van der Waals surface area contributed by atoms with Crippen LogP contribution >= 0.6 is 23.4 Å². The molecule has 0 spiro atoms. The Labute approximate surface area is 112 Å². The summed E-state index contributed by atoms with van der Waals surface area (Å²) in [6.45, 7) is 0.500. The van der Waals surface area contributed by atoms with E-state index in [0.29, 0.717) is 17.0 Å². The molecule has 0 radical (unpaired) electrons. The highest BCUT2D eigenvalue weighted by Gasteiger charge is 2.22. The molecule has 3 nitrogen and oxygen atoms in total. The van der Waals surface area contributed by atoms with E-state index in [1.807, 2.05) is 6.26 Å². The smallest absolute Gasteiger partial charge is 0.207 e. The van der Waals surface area contributed by atoms with E-state index in [1.54, 1.807) is 43.1 Å². The third-order valence-corrected chi connectivity index (χ3v) is 5.25. The van der Waals surface area contributed by atoms with Gasteiger partial charge in [-0.1, -0.05) is 18.2 Å². The normalized spacial score (nSPS) is 12.0. The molecule has 96 valence electrons. The summed E-state index contributed by atoms with van der Waals surface area (Å²) in [4.78, 5) is 0.304. The van der Waals surface area contributed by atoms with Gasteiger partial charge < -0.3 is 0 Å². The number of alkyl halides is 1. The van der Waals surface area contributed by atoms with Gasteiger partial charge in [-0.05, 0) is 17.9 Å². The highest BCUT2D eigenvalue weighted by molar-refractivity contribution is 7.98. The van der Waals surface area contributed by atoms with Crippen LogP contribution in [0.15, 0.2) is 29.2 Å². The minimum atomic E-state index is -3.42. The van der Waals surface area contributed by atoms with Gasteiger partial charge in [0.1, 0.15) is 0 Å². The number of nitrogens with zero attached hydrogens (tertiary/aromatic N) is 1. The van der Waals surface area contributed by atoms with Crippen LogP contribution in [-0.2, 0) is 15.9 Å². The van der Waals surface area contributed by atoms with Crippen molar-refractivity contribution in [2.75, 3.05) is 25.6 Å². The van der Waals surface area contributed by atoms with Gasteiger partial charge in [0.15, 0.2) is 0 Å². The summed E-state index contributed by atoms with van der Waals surface area (Å²) in [5.74, 6) is 0.977. The maximum Gasteiger partial charge on any atom is 0.243 e. The van der Waals surface area contributed by atoms with Crippen LogP contribution in [0.25, 0.3) is 0 Å². The Bertz CT molecular complexity index is 462. The second-order valence-electron chi connectivity index (χ2n) is 3.56. The number of sulfonamides is 1. The van der Waals surface area contributed by atoms with Crippen molar-refractivity contribution in [3.05, 3.63) is 29.8 Å². The predicted molar refractivity (Wildman–Crippen MR) is 74.2 cm³/mol. The van der Waals surface area contributed by atoms with Gasteiger partial charge in [0.25, 0.3) is 0 Å². The van der Waals surface area contributed by atoms with Crippen LogP contribution in [0.3, 0.4) is 0 Å². The van der Waals surface area contributed by atoms with E-state index >= 15 is 0 Å². The Hall–Kier alpha value is -0.230. The summed E-state index contributed by atoms with van der Waals surface area (Å²) >= 11 is 7.38. The quantitative estimate of drug-likeness (QED) is 0.756. The van der Waals surface area contributed by atoms with E-state index in [-0.39, 0.29) is 5.88 Å². The van der Waals surface area contributed by atoms with Crippen molar-refractivity contribution in [1.29, 1.82) is 0 Å². The molecule has 0 aromatic heterocycles. The van der Waals surface area contributed by atoms with E-state index in [4.69, 9.17) is 11.6 Å². The van der Waals surface area contributed by atoms with Crippen molar-refractivity contribution in [3.8, 4) is 0 Å². The number of halogens is 1. The van der Waals surface area contributed by atoms with Crippen LogP contribution < -0.4 is 0 Å². The van der Waals surface area contributed by atoms with Gasteiger partial charge in [-0.2, -0.15) is 11.8 Å². The molecular formula is C11H16ClNO2S2. The van der Waals surface area contributed by atoms with Crippen LogP contribution in [0.1, 0.15) is 5.56 Å². The molecule has 0 unspecified atom stereocenters. The fourth-order valence-corrected chi connectivity index (χ4v) is 3.65. The maximum absolute atomic E-state index is 12.3. The molecule has 0 heterocycles. The van der Waals surface area contributed by atoms with Gasteiger partial charge >= 0.3 is 0 Å². The number of hydrogen-bond donors (Lipinski definition) is 0. The van der Waals surface area contributed by atoms with Crippen LogP contribution in [0.5, 0.6) is 0 Å². The lowest BCUT2D eigenvalue weighted by molar-refractivity contribution is 0.488. The standard InChI is InChI=1S/C11H16ClNO2S2/c1-13(7-8-16-2)17(14,15)11-6-4-3-5-10(11)9-12/h3-6H,7-9H2,1-2H3. The summed E-state index contributed by atoms with van der Waals surface area (Å²) in [5, 5.41) is 0. The van der Waals surface area contributed by atoms with Crippen LogP contribution in [0, 0.1) is 0 Å². The zero-order valence-electron chi connectivity index (χ0n) is 9.89. The molecular weight excluding hydrogens is 278 g/mol. The van der Waals surface area contributed by atoms with Crippen molar-refractivity contribution in [1.82, 2.24) is 4.31 Å². The Morgan fingerprint density at radius 3 is 2.59 bits per heavy atom. The molecule has 0 N–H and O–H groups in total. The summed E-state index contributed by atoms with van der Waals surface area (Å²) in [7, 11) is -1.82. The number of hydrogen-bond acceptors (Lipinski definition) is 3. The molecule has 1 aromatic rings. The molecule has 6 heteroatoms. The molecule has 0 atom stereocenters. The Balaban J connectivity index is 3.04. The molecule has 0 saturated heterocycles. The highest BCUT2D eigenvalue weighted by Crippen LogP contribution is 2.20. The Morgan fingerprint density at radius 2 is 2.00 bits per heavy atom. The fraction of sp³-hybridized carbons (Fsp3) is 0.455. The summed E-state index contributed by atoms with van der Waals surface area (Å²) in [6, 6.07) is 6.84. The summed E-state index contributed by atoms with van der Waals surface area (Å²) in [5.41, 5.74) is 0.644. The molecule has 0 fully saturated rings. The lowest BCUT2D eigenvalue weighted by Gasteiger charge is -2.18. The molecule has 0 saturated carbocycles. The van der Waals surface area contributed by atoms with Crippen molar-refractivity contribution < 1.29 is 8.42 Å². The van der Waals surface area contributed by atoms with Crippen LogP contribution in [0.2, 0.25) is 0 Å². The van der Waals surface area contributed by atoms with Crippen molar-refractivity contribution in [3.63, 3.8) is 0 Å². The van der Waals surface area contributed by atoms with E-state index in [1.165, 1.54) is 4.31 Å². The van der Waals surface area contributed by atoms with E-state index in [9.17, 15) is 8.42 Å². The van der Waals surface area contributed by atoms with Gasteiger partial charge in [-0.15, -0.1) is 11.6 Å². The largest absolute Gasteiger partial charge is 0.243 e. The van der Waals surface area contributed by atoms with Crippen LogP contribution in [-0.4, -0.2) is 38.3 Å². The first-order chi connectivity index (χ1) is 8.04. The van der Waals surface area contributed by atoms with Crippen molar-refractivity contribution in [2.45, 2.75) is 10.8 Å². The van der Waals surface area contributed by atoms with Gasteiger partial charge in [-0.25, -0.2) is 12.7 Å². The van der Waals surface area contributed by atoms with Gasteiger partial charge in [0.05, 0.1) is 4.90 Å². The molecule has 0 aliphatic rings. The molecule has 17 heavy (non-hydrogen) atoms. The second-order valence-corrected chi connectivity index (χ2v) is 6.83. The third-order valence-electron chi connectivity index (χ3n) is 2.42. The topological polar surface area (TPSA) is 37.4 Å². The molecule has 0 amide bonds. The molecule has 0 aliphatic carbocycles. The average molecular weight is 294 g/mol. The second kappa shape index (κ2) is 6.64. The number of benzene rings is 1. The Morgan fingerprint density at radius 1 is 1.35 bits per heavy atom. The first-order valence-electron chi connectivity index (χ1n) is 5.13. The van der Waals surface area contributed by atoms with Crippen molar-refractivity contribution in [2.24, 2.45) is 0 Å². The average Bonchev–Trinajstić information content (AvgIpc) is 2.35. The monoisotopic (exact) mass is 293 g/mol. The minimum Gasteiger partial charge on any atom is -0.207 e. The van der Waals surface area contributed by atoms with Crippen molar-refractivity contribution >= 4 is 33.4 Å². The third kappa shape index (κ3) is 3.61. The fourth-order valence-electron chi connectivity index (χ4n) is 1.37. The molecule has 0 bridgehead atoms. The van der Waals surface area contributed by atoms with Gasteiger partial charge in [0.2, 0.25) is 10.0 Å². The summed E-state index contributed by atoms with van der Waals surface area (Å²) in [6.07, 6.45) is 1.95. The lowest BCUT2D eigenvalue weighted by atomic mass is 10.2. The molecule has 1 rings (SSSR count).